The minimum atomic E-state index is -0.531. The normalized spacial score (nSPS) is 10.6. The molecule has 0 radical (unpaired) electrons. The van der Waals surface area contributed by atoms with E-state index >= 15 is 0 Å². The highest BCUT2D eigenvalue weighted by molar-refractivity contribution is 5.73. The van der Waals surface area contributed by atoms with Crippen molar-refractivity contribution in [1.29, 1.82) is 5.26 Å². The molecule has 0 aliphatic heterocycles. The molecule has 0 aliphatic rings. The van der Waals surface area contributed by atoms with E-state index in [2.05, 4.69) is 6.07 Å². The number of ether oxygens (including phenoxy) is 2. The summed E-state index contributed by atoms with van der Waals surface area (Å²) in [6.07, 6.45) is 4.76. The van der Waals surface area contributed by atoms with Gasteiger partial charge in [0.25, 0.3) is 0 Å². The van der Waals surface area contributed by atoms with E-state index in [4.69, 9.17) is 14.7 Å². The number of unbranched alkanes of at least 4 members (excludes halogenated alkanes) is 4. The summed E-state index contributed by atoms with van der Waals surface area (Å²) in [4.78, 5) is 12.1. The summed E-state index contributed by atoms with van der Waals surface area (Å²) in [7, 11) is 0. The summed E-state index contributed by atoms with van der Waals surface area (Å²) in [5, 5.41) is 8.92. The average molecular weight is 526 g/mol. The lowest BCUT2D eigenvalue weighted by Gasteiger charge is -2.08. The quantitative estimate of drug-likeness (QED) is 0.106. The van der Waals surface area contributed by atoms with Crippen molar-refractivity contribution in [2.75, 3.05) is 6.61 Å². The smallest absolute Gasteiger partial charge is 0.311 e. The van der Waals surface area contributed by atoms with Crippen LogP contribution in [0.15, 0.2) is 91.0 Å². The number of nitrogens with zero attached hydrogens (tertiary/aromatic N) is 1. The number of carbonyl (C=O) groups is 1. The van der Waals surface area contributed by atoms with Crippen LogP contribution in [0.4, 0.5) is 8.78 Å². The van der Waals surface area contributed by atoms with Crippen LogP contribution < -0.4 is 9.47 Å². The summed E-state index contributed by atoms with van der Waals surface area (Å²) in [5.74, 6) is -0.336. The van der Waals surface area contributed by atoms with Gasteiger partial charge in [0.15, 0.2) is 0 Å². The second kappa shape index (κ2) is 13.9. The van der Waals surface area contributed by atoms with E-state index in [0.29, 0.717) is 29.7 Å². The van der Waals surface area contributed by atoms with E-state index in [-0.39, 0.29) is 18.0 Å². The molecular formula is C33H29F2NO3. The third kappa shape index (κ3) is 8.24. The molecule has 4 aromatic rings. The number of hydrogen-bond acceptors (Lipinski definition) is 4. The van der Waals surface area contributed by atoms with Crippen LogP contribution in [-0.2, 0) is 4.79 Å². The monoisotopic (exact) mass is 525 g/mol. The Labute approximate surface area is 227 Å². The maximum absolute atomic E-state index is 14.5. The van der Waals surface area contributed by atoms with Crippen LogP contribution in [0.25, 0.3) is 22.3 Å². The first-order chi connectivity index (χ1) is 19.0. The summed E-state index contributed by atoms with van der Waals surface area (Å²) < 4.78 is 38.7. The Kier molecular flexibility index (Phi) is 9.80. The lowest BCUT2D eigenvalue weighted by molar-refractivity contribution is -0.134. The molecule has 0 aliphatic carbocycles. The second-order valence-electron chi connectivity index (χ2n) is 9.20. The van der Waals surface area contributed by atoms with Gasteiger partial charge in [0, 0.05) is 18.1 Å². The largest absolute Gasteiger partial charge is 0.494 e. The van der Waals surface area contributed by atoms with E-state index in [1.54, 1.807) is 18.2 Å². The van der Waals surface area contributed by atoms with Gasteiger partial charge in [-0.2, -0.15) is 5.26 Å². The first-order valence-electron chi connectivity index (χ1n) is 13.0. The van der Waals surface area contributed by atoms with Crippen LogP contribution in [0.2, 0.25) is 0 Å². The van der Waals surface area contributed by atoms with E-state index in [1.165, 1.54) is 36.4 Å². The lowest BCUT2D eigenvalue weighted by atomic mass is 10.0. The van der Waals surface area contributed by atoms with Crippen molar-refractivity contribution in [3.05, 3.63) is 108 Å². The van der Waals surface area contributed by atoms with Crippen LogP contribution in [0.1, 0.15) is 44.1 Å². The highest BCUT2D eigenvalue weighted by atomic mass is 19.1. The molecule has 0 amide bonds. The third-order valence-electron chi connectivity index (χ3n) is 6.32. The fourth-order valence-corrected chi connectivity index (χ4v) is 4.18. The zero-order valence-electron chi connectivity index (χ0n) is 21.5. The van der Waals surface area contributed by atoms with Crippen LogP contribution in [-0.4, -0.2) is 12.6 Å². The Morgan fingerprint density at radius 2 is 1.28 bits per heavy atom. The van der Waals surface area contributed by atoms with Crippen molar-refractivity contribution >= 4 is 5.97 Å². The molecule has 4 aromatic carbocycles. The van der Waals surface area contributed by atoms with Gasteiger partial charge < -0.3 is 9.47 Å². The number of esters is 1. The fraction of sp³-hybridized carbons (Fsp3) is 0.212. The van der Waals surface area contributed by atoms with Gasteiger partial charge in [-0.05, 0) is 78.1 Å². The number of benzene rings is 4. The lowest BCUT2D eigenvalue weighted by Crippen LogP contribution is -2.07. The SMILES string of the molecule is N#Cc1ccc(-c2ccc(OCCCCCCCC(=O)Oc3ccc(-c4ccc(F)cc4)c(F)c3)cc2)cc1. The number of nitriles is 1. The molecule has 39 heavy (non-hydrogen) atoms. The minimum absolute atomic E-state index is 0.158. The van der Waals surface area contributed by atoms with E-state index < -0.39 is 11.8 Å². The molecule has 0 spiro atoms. The topological polar surface area (TPSA) is 59.3 Å². The number of halogens is 2. The summed E-state index contributed by atoms with van der Waals surface area (Å²) in [6, 6.07) is 27.3. The average Bonchev–Trinajstić information content (AvgIpc) is 2.95. The number of hydrogen-bond donors (Lipinski definition) is 0. The van der Waals surface area contributed by atoms with Gasteiger partial charge in [0.2, 0.25) is 0 Å². The minimum Gasteiger partial charge on any atom is -0.494 e. The van der Waals surface area contributed by atoms with Crippen molar-refractivity contribution in [3.63, 3.8) is 0 Å². The van der Waals surface area contributed by atoms with E-state index in [9.17, 15) is 13.6 Å². The van der Waals surface area contributed by atoms with Gasteiger partial charge in [0.05, 0.1) is 18.2 Å². The van der Waals surface area contributed by atoms with Gasteiger partial charge in [-0.1, -0.05) is 55.7 Å². The Balaban J connectivity index is 1.08. The molecule has 6 heteroatoms. The van der Waals surface area contributed by atoms with Crippen molar-refractivity contribution in [3.8, 4) is 39.8 Å². The first-order valence-corrected chi connectivity index (χ1v) is 13.0. The molecule has 0 atom stereocenters. The Bertz CT molecular complexity index is 1410. The van der Waals surface area contributed by atoms with Gasteiger partial charge >= 0.3 is 5.97 Å². The van der Waals surface area contributed by atoms with Gasteiger partial charge in [-0.25, -0.2) is 8.78 Å². The molecule has 0 heterocycles. The second-order valence-corrected chi connectivity index (χ2v) is 9.20. The molecule has 0 aromatic heterocycles. The summed E-state index contributed by atoms with van der Waals surface area (Å²) in [5.41, 5.74) is 3.63. The highest BCUT2D eigenvalue weighted by Gasteiger charge is 2.10. The van der Waals surface area contributed by atoms with E-state index in [1.807, 2.05) is 36.4 Å². The molecule has 4 nitrogen and oxygen atoms in total. The Hall–Kier alpha value is -4.50. The zero-order valence-corrected chi connectivity index (χ0v) is 21.5. The Morgan fingerprint density at radius 1 is 0.692 bits per heavy atom. The fourth-order valence-electron chi connectivity index (χ4n) is 4.18. The summed E-state index contributed by atoms with van der Waals surface area (Å²) >= 11 is 0. The Morgan fingerprint density at radius 3 is 1.95 bits per heavy atom. The van der Waals surface area contributed by atoms with Crippen molar-refractivity contribution in [2.24, 2.45) is 0 Å². The van der Waals surface area contributed by atoms with Gasteiger partial charge in [0.1, 0.15) is 23.1 Å². The maximum atomic E-state index is 14.5. The molecule has 0 saturated heterocycles. The van der Waals surface area contributed by atoms with Crippen molar-refractivity contribution < 1.29 is 23.0 Å². The van der Waals surface area contributed by atoms with Crippen LogP contribution in [0.3, 0.4) is 0 Å². The third-order valence-corrected chi connectivity index (χ3v) is 6.32. The molecule has 0 fully saturated rings. The molecule has 198 valence electrons. The molecule has 0 saturated carbocycles. The van der Waals surface area contributed by atoms with E-state index in [0.717, 1.165) is 42.6 Å². The predicted octanol–water partition coefficient (Wildman–Crippen LogP) is 8.50. The van der Waals surface area contributed by atoms with Crippen molar-refractivity contribution in [2.45, 2.75) is 38.5 Å². The molecule has 0 N–H and O–H groups in total. The van der Waals surface area contributed by atoms with Gasteiger partial charge in [-0.15, -0.1) is 0 Å². The molecule has 4 rings (SSSR count). The summed E-state index contributed by atoms with van der Waals surface area (Å²) in [6.45, 7) is 0.623. The van der Waals surface area contributed by atoms with Crippen LogP contribution >= 0.6 is 0 Å². The van der Waals surface area contributed by atoms with Gasteiger partial charge in [-0.3, -0.25) is 4.79 Å². The highest BCUT2D eigenvalue weighted by Crippen LogP contribution is 2.27. The zero-order chi connectivity index (χ0) is 27.5. The number of carbonyl (C=O) groups excluding carboxylic acids is 1. The van der Waals surface area contributed by atoms with Crippen LogP contribution in [0.5, 0.6) is 11.5 Å². The number of rotatable bonds is 12. The molecule has 0 bridgehead atoms. The van der Waals surface area contributed by atoms with Crippen molar-refractivity contribution in [1.82, 2.24) is 0 Å². The maximum Gasteiger partial charge on any atom is 0.311 e. The first kappa shape index (κ1) is 27.5. The standard InChI is InChI=1S/C33H29F2NO3/c34-28-15-11-27(12-16-28)31-20-19-30(22-32(31)35)39-33(37)6-4-2-1-3-5-21-38-29-17-13-26(14-18-29)25-9-7-24(23-36)8-10-25/h7-20,22H,1-6,21H2. The molecule has 0 unspecified atom stereocenters. The van der Waals surface area contributed by atoms with Crippen LogP contribution in [0, 0.1) is 23.0 Å². The predicted molar refractivity (Wildman–Crippen MR) is 147 cm³/mol. The molecular weight excluding hydrogens is 496 g/mol.